The van der Waals surface area contributed by atoms with Gasteiger partial charge < -0.3 is 11.1 Å². The molecule has 3 N–H and O–H groups in total. The fourth-order valence-corrected chi connectivity index (χ4v) is 1.38. The van der Waals surface area contributed by atoms with Gasteiger partial charge in [-0.25, -0.2) is 4.39 Å². The molecule has 0 aliphatic heterocycles. The zero-order chi connectivity index (χ0) is 10.6. The van der Waals surface area contributed by atoms with Crippen molar-refractivity contribution in [1.29, 1.82) is 0 Å². The number of rotatable bonds is 4. The van der Waals surface area contributed by atoms with E-state index in [9.17, 15) is 4.39 Å². The molecule has 0 fully saturated rings. The first-order valence-corrected chi connectivity index (χ1v) is 4.77. The predicted molar refractivity (Wildman–Crippen MR) is 57.8 cm³/mol. The minimum Gasteiger partial charge on any atom is -0.380 e. The van der Waals surface area contributed by atoms with Crippen LogP contribution in [0.3, 0.4) is 0 Å². The van der Waals surface area contributed by atoms with Crippen molar-refractivity contribution in [1.82, 2.24) is 0 Å². The van der Waals surface area contributed by atoms with Gasteiger partial charge >= 0.3 is 0 Å². The number of nitrogens with two attached hydrogens (primary N) is 1. The topological polar surface area (TPSA) is 38.0 Å². The molecular formula is C11H17FN2. The number of benzene rings is 1. The van der Waals surface area contributed by atoms with E-state index in [1.165, 1.54) is 12.1 Å². The number of nitrogens with one attached hydrogen (secondary N) is 1. The van der Waals surface area contributed by atoms with Crippen LogP contribution in [0.2, 0.25) is 0 Å². The molecule has 1 aromatic rings. The Morgan fingerprint density at radius 3 is 2.71 bits per heavy atom. The normalized spacial score (nSPS) is 11.4. The lowest BCUT2D eigenvalue weighted by Gasteiger charge is -2.27. The molecule has 1 aromatic carbocycles. The number of hydrogen-bond donors (Lipinski definition) is 2. The lowest BCUT2D eigenvalue weighted by molar-refractivity contribution is 0.526. The number of hydrogen-bond acceptors (Lipinski definition) is 2. The van der Waals surface area contributed by atoms with Crippen LogP contribution in [0.25, 0.3) is 0 Å². The molecule has 0 aliphatic carbocycles. The van der Waals surface area contributed by atoms with Gasteiger partial charge in [-0.05, 0) is 45.0 Å². The van der Waals surface area contributed by atoms with Gasteiger partial charge in [0.2, 0.25) is 0 Å². The minimum absolute atomic E-state index is 0.0947. The molecule has 0 spiro atoms. The molecule has 0 aliphatic rings. The predicted octanol–water partition coefficient (Wildman–Crippen LogP) is 2.37. The lowest BCUT2D eigenvalue weighted by Crippen LogP contribution is -2.33. The van der Waals surface area contributed by atoms with Crippen molar-refractivity contribution >= 4 is 5.69 Å². The van der Waals surface area contributed by atoms with E-state index in [-0.39, 0.29) is 11.4 Å². The Balaban J connectivity index is 2.68. The largest absolute Gasteiger partial charge is 0.380 e. The lowest BCUT2D eigenvalue weighted by atomic mass is 10.0. The van der Waals surface area contributed by atoms with Crippen LogP contribution in [0.5, 0.6) is 0 Å². The maximum absolute atomic E-state index is 12.9. The Bertz CT molecular complexity index is 297. The molecular weight excluding hydrogens is 179 g/mol. The Labute approximate surface area is 84.3 Å². The summed E-state index contributed by atoms with van der Waals surface area (Å²) in [4.78, 5) is 0. The summed E-state index contributed by atoms with van der Waals surface area (Å²) in [6.45, 7) is 4.71. The third-order valence-electron chi connectivity index (χ3n) is 2.08. The zero-order valence-corrected chi connectivity index (χ0v) is 8.68. The average Bonchev–Trinajstić information content (AvgIpc) is 2.02. The molecule has 1 rings (SSSR count). The van der Waals surface area contributed by atoms with Gasteiger partial charge in [0.15, 0.2) is 0 Å². The number of anilines is 1. The highest BCUT2D eigenvalue weighted by molar-refractivity contribution is 5.45. The van der Waals surface area contributed by atoms with Crippen molar-refractivity contribution in [2.75, 3.05) is 11.9 Å². The van der Waals surface area contributed by atoms with Gasteiger partial charge in [0.25, 0.3) is 0 Å². The van der Waals surface area contributed by atoms with E-state index in [2.05, 4.69) is 5.32 Å². The van der Waals surface area contributed by atoms with Crippen molar-refractivity contribution in [3.05, 3.63) is 30.1 Å². The fourth-order valence-electron chi connectivity index (χ4n) is 1.38. The van der Waals surface area contributed by atoms with E-state index < -0.39 is 0 Å². The van der Waals surface area contributed by atoms with E-state index in [4.69, 9.17) is 5.73 Å². The summed E-state index contributed by atoms with van der Waals surface area (Å²) in [5.74, 6) is -0.224. The van der Waals surface area contributed by atoms with Gasteiger partial charge in [-0.3, -0.25) is 0 Å². The van der Waals surface area contributed by atoms with Crippen molar-refractivity contribution in [3.63, 3.8) is 0 Å². The summed E-state index contributed by atoms with van der Waals surface area (Å²) in [6, 6.07) is 6.46. The summed E-state index contributed by atoms with van der Waals surface area (Å²) in [5.41, 5.74) is 6.18. The van der Waals surface area contributed by atoms with Crippen LogP contribution in [0.15, 0.2) is 24.3 Å². The van der Waals surface area contributed by atoms with Gasteiger partial charge in [0.1, 0.15) is 5.82 Å². The third kappa shape index (κ3) is 3.34. The molecule has 0 saturated heterocycles. The quantitative estimate of drug-likeness (QED) is 0.775. The van der Waals surface area contributed by atoms with Crippen LogP contribution in [0.4, 0.5) is 10.1 Å². The zero-order valence-electron chi connectivity index (χ0n) is 8.68. The summed E-state index contributed by atoms with van der Waals surface area (Å²) < 4.78 is 12.9. The molecule has 2 nitrogen and oxygen atoms in total. The molecule has 0 amide bonds. The summed E-state index contributed by atoms with van der Waals surface area (Å²) >= 11 is 0. The van der Waals surface area contributed by atoms with Gasteiger partial charge in [0, 0.05) is 11.2 Å². The van der Waals surface area contributed by atoms with Crippen LogP contribution in [-0.4, -0.2) is 12.1 Å². The molecule has 14 heavy (non-hydrogen) atoms. The molecule has 0 saturated carbocycles. The van der Waals surface area contributed by atoms with Gasteiger partial charge in [-0.2, -0.15) is 0 Å². The van der Waals surface area contributed by atoms with Gasteiger partial charge in [-0.15, -0.1) is 0 Å². The molecule has 0 bridgehead atoms. The molecule has 0 unspecified atom stereocenters. The van der Waals surface area contributed by atoms with E-state index >= 15 is 0 Å². The molecule has 0 aromatic heterocycles. The molecule has 0 heterocycles. The summed E-state index contributed by atoms with van der Waals surface area (Å²) in [6.07, 6.45) is 0.851. The molecule has 0 radical (unpaired) electrons. The first-order chi connectivity index (χ1) is 6.53. The van der Waals surface area contributed by atoms with E-state index in [1.54, 1.807) is 6.07 Å². The van der Waals surface area contributed by atoms with E-state index in [0.717, 1.165) is 12.1 Å². The van der Waals surface area contributed by atoms with Crippen LogP contribution in [0.1, 0.15) is 20.3 Å². The van der Waals surface area contributed by atoms with Gasteiger partial charge in [-0.1, -0.05) is 6.07 Å². The van der Waals surface area contributed by atoms with Crippen LogP contribution < -0.4 is 11.1 Å². The second-order valence-electron chi connectivity index (χ2n) is 4.06. The fraction of sp³-hybridized carbons (Fsp3) is 0.455. The standard InChI is InChI=1S/C11H17FN2/c1-11(2,6-7-13)14-10-5-3-4-9(12)8-10/h3-5,8,14H,6-7,13H2,1-2H3. The SMILES string of the molecule is CC(C)(CCN)Nc1cccc(F)c1. The van der Waals surface area contributed by atoms with Crippen molar-refractivity contribution in [2.45, 2.75) is 25.8 Å². The van der Waals surface area contributed by atoms with E-state index in [0.29, 0.717) is 6.54 Å². The molecule has 3 heteroatoms. The second-order valence-corrected chi connectivity index (χ2v) is 4.06. The Kier molecular flexibility index (Phi) is 3.47. The van der Waals surface area contributed by atoms with Crippen molar-refractivity contribution in [2.24, 2.45) is 5.73 Å². The molecule has 78 valence electrons. The maximum atomic E-state index is 12.9. The summed E-state index contributed by atoms with van der Waals surface area (Å²) in [7, 11) is 0. The van der Waals surface area contributed by atoms with Gasteiger partial charge in [0.05, 0.1) is 0 Å². The highest BCUT2D eigenvalue weighted by atomic mass is 19.1. The van der Waals surface area contributed by atoms with E-state index in [1.807, 2.05) is 19.9 Å². The number of halogens is 1. The monoisotopic (exact) mass is 196 g/mol. The molecule has 0 atom stereocenters. The van der Waals surface area contributed by atoms with Crippen LogP contribution in [0, 0.1) is 5.82 Å². The van der Waals surface area contributed by atoms with Crippen molar-refractivity contribution < 1.29 is 4.39 Å². The first-order valence-electron chi connectivity index (χ1n) is 4.77. The Hall–Kier alpha value is -1.09. The average molecular weight is 196 g/mol. The summed E-state index contributed by atoms with van der Waals surface area (Å²) in [5, 5.41) is 3.24. The minimum atomic E-state index is -0.224. The Morgan fingerprint density at radius 2 is 2.14 bits per heavy atom. The Morgan fingerprint density at radius 1 is 1.43 bits per heavy atom. The third-order valence-corrected chi connectivity index (χ3v) is 2.08. The highest BCUT2D eigenvalue weighted by Gasteiger charge is 2.15. The second kappa shape index (κ2) is 4.42. The van der Waals surface area contributed by atoms with Crippen LogP contribution in [-0.2, 0) is 0 Å². The maximum Gasteiger partial charge on any atom is 0.125 e. The smallest absolute Gasteiger partial charge is 0.125 e. The van der Waals surface area contributed by atoms with Crippen molar-refractivity contribution in [3.8, 4) is 0 Å². The first kappa shape index (κ1) is 11.0. The van der Waals surface area contributed by atoms with Crippen LogP contribution >= 0.6 is 0 Å². The highest BCUT2D eigenvalue weighted by Crippen LogP contribution is 2.18.